The Bertz CT molecular complexity index is 233. The number of nitrogens with zero attached hydrogens (tertiary/aromatic N) is 2. The molecule has 1 heterocycles. The number of aldehydes is 1. The van der Waals surface area contributed by atoms with Crippen LogP contribution >= 0.6 is 0 Å². The van der Waals surface area contributed by atoms with Gasteiger partial charge in [-0.05, 0) is 0 Å². The lowest BCUT2D eigenvalue weighted by atomic mass is 10.4. The van der Waals surface area contributed by atoms with Crippen LogP contribution in [0.4, 0.5) is 0 Å². The molecule has 1 aromatic rings. The van der Waals surface area contributed by atoms with Crippen LogP contribution in [0, 0.1) is 0 Å². The molecule has 0 saturated heterocycles. The van der Waals surface area contributed by atoms with Crippen molar-refractivity contribution in [2.45, 2.75) is 12.8 Å². The maximum Gasteiger partial charge on any atom is 0.233 e. The van der Waals surface area contributed by atoms with Gasteiger partial charge in [-0.15, -0.1) is 0 Å². The number of rotatable bonds is 4. The van der Waals surface area contributed by atoms with Crippen molar-refractivity contribution in [3.63, 3.8) is 0 Å². The summed E-state index contributed by atoms with van der Waals surface area (Å²) in [6.07, 6.45) is 1.19. The molecule has 0 spiro atoms. The van der Waals surface area contributed by atoms with Crippen LogP contribution in [0.25, 0.3) is 0 Å². The van der Waals surface area contributed by atoms with Crippen molar-refractivity contribution < 1.29 is 14.4 Å². The standard InChI is InChI=1S/C6H8N2O3/c9-3-1-5-7-6(2-4-10)11-8-5/h4,9H,1-3H2. The van der Waals surface area contributed by atoms with Crippen molar-refractivity contribution in [3.8, 4) is 0 Å². The highest BCUT2D eigenvalue weighted by Gasteiger charge is 2.03. The van der Waals surface area contributed by atoms with Gasteiger partial charge in [0.25, 0.3) is 0 Å². The van der Waals surface area contributed by atoms with Crippen molar-refractivity contribution in [1.29, 1.82) is 0 Å². The van der Waals surface area contributed by atoms with E-state index < -0.39 is 0 Å². The zero-order chi connectivity index (χ0) is 8.10. The minimum absolute atomic E-state index is 0.0138. The Morgan fingerprint density at radius 2 is 2.45 bits per heavy atom. The van der Waals surface area contributed by atoms with Gasteiger partial charge in [-0.3, -0.25) is 0 Å². The average Bonchev–Trinajstić information content (AvgIpc) is 2.38. The van der Waals surface area contributed by atoms with E-state index in [-0.39, 0.29) is 13.0 Å². The first kappa shape index (κ1) is 7.87. The van der Waals surface area contributed by atoms with E-state index in [1.807, 2.05) is 0 Å². The van der Waals surface area contributed by atoms with E-state index in [4.69, 9.17) is 5.11 Å². The summed E-state index contributed by atoms with van der Waals surface area (Å²) in [7, 11) is 0. The third-order valence-electron chi connectivity index (χ3n) is 1.10. The van der Waals surface area contributed by atoms with Crippen LogP contribution in [0.5, 0.6) is 0 Å². The fourth-order valence-electron chi connectivity index (χ4n) is 0.646. The molecule has 0 bridgehead atoms. The monoisotopic (exact) mass is 156 g/mol. The maximum atomic E-state index is 9.96. The third kappa shape index (κ3) is 2.12. The van der Waals surface area contributed by atoms with Crippen molar-refractivity contribution in [2.75, 3.05) is 6.61 Å². The molecular formula is C6H8N2O3. The van der Waals surface area contributed by atoms with Crippen LogP contribution in [0.2, 0.25) is 0 Å². The largest absolute Gasteiger partial charge is 0.396 e. The molecule has 0 amide bonds. The first-order valence-corrected chi connectivity index (χ1v) is 3.22. The molecule has 0 aliphatic heterocycles. The molecule has 0 aromatic carbocycles. The Morgan fingerprint density at radius 1 is 1.64 bits per heavy atom. The molecule has 0 aliphatic rings. The number of carbonyl (C=O) groups excluding carboxylic acids is 1. The van der Waals surface area contributed by atoms with Crippen LogP contribution in [0.15, 0.2) is 4.52 Å². The summed E-state index contributed by atoms with van der Waals surface area (Å²) in [6.45, 7) is -0.0138. The van der Waals surface area contributed by atoms with Crippen molar-refractivity contribution in [1.82, 2.24) is 10.1 Å². The van der Waals surface area contributed by atoms with Crippen LogP contribution in [0.3, 0.4) is 0 Å². The lowest BCUT2D eigenvalue weighted by Gasteiger charge is -1.82. The van der Waals surface area contributed by atoms with E-state index in [1.54, 1.807) is 0 Å². The zero-order valence-corrected chi connectivity index (χ0v) is 5.86. The van der Waals surface area contributed by atoms with E-state index in [2.05, 4.69) is 14.7 Å². The molecular weight excluding hydrogens is 148 g/mol. The van der Waals surface area contributed by atoms with E-state index in [0.717, 1.165) is 0 Å². The zero-order valence-electron chi connectivity index (χ0n) is 5.86. The number of hydrogen-bond acceptors (Lipinski definition) is 5. The topological polar surface area (TPSA) is 76.2 Å². The molecule has 1 rings (SSSR count). The number of hydrogen-bond donors (Lipinski definition) is 1. The Balaban J connectivity index is 2.57. The molecule has 5 heteroatoms. The third-order valence-corrected chi connectivity index (χ3v) is 1.10. The molecule has 11 heavy (non-hydrogen) atoms. The second-order valence-corrected chi connectivity index (χ2v) is 1.95. The normalized spacial score (nSPS) is 9.91. The Morgan fingerprint density at radius 3 is 3.09 bits per heavy atom. The lowest BCUT2D eigenvalue weighted by Crippen LogP contribution is -1.93. The molecule has 0 unspecified atom stereocenters. The van der Waals surface area contributed by atoms with Gasteiger partial charge in [0.05, 0.1) is 13.0 Å². The SMILES string of the molecule is O=CCc1nc(CCO)no1. The molecule has 0 aliphatic carbocycles. The Labute approximate surface area is 63.0 Å². The van der Waals surface area contributed by atoms with Crippen LogP contribution in [-0.4, -0.2) is 28.1 Å². The van der Waals surface area contributed by atoms with Crippen LogP contribution in [0.1, 0.15) is 11.7 Å². The van der Waals surface area contributed by atoms with Gasteiger partial charge >= 0.3 is 0 Å². The lowest BCUT2D eigenvalue weighted by molar-refractivity contribution is -0.107. The van der Waals surface area contributed by atoms with Crippen LogP contribution in [-0.2, 0) is 17.6 Å². The van der Waals surface area contributed by atoms with Gasteiger partial charge in [-0.1, -0.05) is 5.16 Å². The molecule has 0 radical (unpaired) electrons. The van der Waals surface area contributed by atoms with Gasteiger partial charge in [-0.25, -0.2) is 0 Å². The van der Waals surface area contributed by atoms with Crippen LogP contribution < -0.4 is 0 Å². The average molecular weight is 156 g/mol. The Kier molecular flexibility index (Phi) is 2.74. The van der Waals surface area contributed by atoms with Crippen molar-refractivity contribution >= 4 is 6.29 Å². The first-order valence-electron chi connectivity index (χ1n) is 3.22. The van der Waals surface area contributed by atoms with E-state index >= 15 is 0 Å². The van der Waals surface area contributed by atoms with Crippen molar-refractivity contribution in [3.05, 3.63) is 11.7 Å². The fraction of sp³-hybridized carbons (Fsp3) is 0.500. The van der Waals surface area contributed by atoms with Gasteiger partial charge in [-0.2, -0.15) is 4.98 Å². The smallest absolute Gasteiger partial charge is 0.233 e. The Hall–Kier alpha value is -1.23. The molecule has 1 aromatic heterocycles. The number of aliphatic hydroxyl groups is 1. The summed E-state index contributed by atoms with van der Waals surface area (Å²) < 4.78 is 4.65. The highest BCUT2D eigenvalue weighted by molar-refractivity contribution is 5.52. The molecule has 60 valence electrons. The summed E-state index contributed by atoms with van der Waals surface area (Å²) in [5.41, 5.74) is 0. The van der Waals surface area contributed by atoms with Gasteiger partial charge in [0, 0.05) is 6.42 Å². The summed E-state index contributed by atoms with van der Waals surface area (Å²) >= 11 is 0. The van der Waals surface area contributed by atoms with E-state index in [9.17, 15) is 4.79 Å². The molecule has 0 fully saturated rings. The minimum Gasteiger partial charge on any atom is -0.396 e. The van der Waals surface area contributed by atoms with E-state index in [1.165, 1.54) is 0 Å². The highest BCUT2D eigenvalue weighted by atomic mass is 16.5. The molecule has 0 atom stereocenters. The second kappa shape index (κ2) is 3.82. The number of aliphatic hydroxyl groups excluding tert-OH is 1. The molecule has 0 saturated carbocycles. The maximum absolute atomic E-state index is 9.96. The van der Waals surface area contributed by atoms with Crippen molar-refractivity contribution in [2.24, 2.45) is 0 Å². The highest BCUT2D eigenvalue weighted by Crippen LogP contribution is 1.96. The molecule has 5 nitrogen and oxygen atoms in total. The number of aromatic nitrogens is 2. The predicted octanol–water partition coefficient (Wildman–Crippen LogP) is -0.654. The summed E-state index contributed by atoms with van der Waals surface area (Å²) in [6, 6.07) is 0. The summed E-state index contributed by atoms with van der Waals surface area (Å²) in [4.78, 5) is 13.8. The summed E-state index contributed by atoms with van der Waals surface area (Å²) in [5, 5.41) is 12.0. The van der Waals surface area contributed by atoms with Gasteiger partial charge < -0.3 is 14.4 Å². The summed E-state index contributed by atoms with van der Waals surface area (Å²) in [5.74, 6) is 0.729. The second-order valence-electron chi connectivity index (χ2n) is 1.95. The van der Waals surface area contributed by atoms with Gasteiger partial charge in [0.15, 0.2) is 5.82 Å². The van der Waals surface area contributed by atoms with Gasteiger partial charge in [0.2, 0.25) is 5.89 Å². The number of carbonyl (C=O) groups is 1. The molecule has 1 N–H and O–H groups in total. The predicted molar refractivity (Wildman–Crippen MR) is 34.9 cm³/mol. The quantitative estimate of drug-likeness (QED) is 0.586. The fourth-order valence-corrected chi connectivity index (χ4v) is 0.646. The van der Waals surface area contributed by atoms with E-state index in [0.29, 0.717) is 24.4 Å². The minimum atomic E-state index is -0.0138. The van der Waals surface area contributed by atoms with Gasteiger partial charge in [0.1, 0.15) is 6.29 Å². The first-order chi connectivity index (χ1) is 5.36.